The molecule has 2 heterocycles. The van der Waals surface area contributed by atoms with Crippen LogP contribution >= 0.6 is 0 Å². The number of hydrogen-bond acceptors (Lipinski definition) is 5. The van der Waals surface area contributed by atoms with Gasteiger partial charge in [0.05, 0.1) is 4.75 Å². The van der Waals surface area contributed by atoms with Gasteiger partial charge in [0.15, 0.2) is 9.84 Å². The Hall–Kier alpha value is -3.01. The minimum Gasteiger partial charge on any atom is -0.348 e. The Morgan fingerprint density at radius 2 is 1.81 bits per heavy atom. The molecule has 10 heteroatoms. The first-order valence-electron chi connectivity index (χ1n) is 10.3. The van der Waals surface area contributed by atoms with E-state index in [1.807, 2.05) is 0 Å². The van der Waals surface area contributed by atoms with Crippen molar-refractivity contribution in [3.8, 4) is 0 Å². The largest absolute Gasteiger partial charge is 0.348 e. The monoisotopic (exact) mass is 461 g/mol. The van der Waals surface area contributed by atoms with Gasteiger partial charge in [0.1, 0.15) is 17.1 Å². The van der Waals surface area contributed by atoms with E-state index < -0.39 is 32.0 Å². The Kier molecular flexibility index (Phi) is 5.44. The van der Waals surface area contributed by atoms with E-state index in [2.05, 4.69) is 5.32 Å². The maximum atomic E-state index is 13.1. The number of carbonyl (C=O) groups excluding carboxylic acids is 2. The summed E-state index contributed by atoms with van der Waals surface area (Å²) in [7, 11) is -3.30. The van der Waals surface area contributed by atoms with E-state index >= 15 is 0 Å². The van der Waals surface area contributed by atoms with Crippen molar-refractivity contribution in [2.24, 2.45) is 0 Å². The number of amides is 2. The Morgan fingerprint density at radius 1 is 1.16 bits per heavy atom. The molecule has 2 amide bonds. The van der Waals surface area contributed by atoms with Gasteiger partial charge in [-0.3, -0.25) is 14.4 Å². The molecule has 1 fully saturated rings. The maximum absolute atomic E-state index is 13.1. The summed E-state index contributed by atoms with van der Waals surface area (Å²) >= 11 is 0. The number of nitrogens with zero attached hydrogens (tertiary/aromatic N) is 2. The quantitative estimate of drug-likeness (QED) is 0.697. The summed E-state index contributed by atoms with van der Waals surface area (Å²) in [4.78, 5) is 40.2. The number of pyridine rings is 1. The van der Waals surface area contributed by atoms with E-state index in [1.165, 1.54) is 46.1 Å². The molecule has 0 atom stereocenters. The molecule has 0 radical (unpaired) electrons. The first-order valence-corrected chi connectivity index (χ1v) is 12.2. The van der Waals surface area contributed by atoms with Gasteiger partial charge in [-0.25, -0.2) is 12.8 Å². The van der Waals surface area contributed by atoms with Crippen molar-refractivity contribution in [2.75, 3.05) is 19.3 Å². The van der Waals surface area contributed by atoms with Crippen molar-refractivity contribution in [3.63, 3.8) is 0 Å². The summed E-state index contributed by atoms with van der Waals surface area (Å²) < 4.78 is 37.6. The molecule has 2 aliphatic rings. The van der Waals surface area contributed by atoms with Gasteiger partial charge in [0.2, 0.25) is 0 Å². The number of carbonyl (C=O) groups is 2. The third-order valence-electron chi connectivity index (χ3n) is 6.25. The average molecular weight is 462 g/mol. The third-order valence-corrected chi connectivity index (χ3v) is 8.36. The van der Waals surface area contributed by atoms with Crippen molar-refractivity contribution < 1.29 is 22.4 Å². The number of halogens is 1. The molecule has 1 aliphatic carbocycles. The molecule has 8 nitrogen and oxygen atoms in total. The van der Waals surface area contributed by atoms with Crippen LogP contribution in [0.5, 0.6) is 0 Å². The molecule has 1 aromatic carbocycles. The summed E-state index contributed by atoms with van der Waals surface area (Å²) in [5, 5.41) is 2.65. The van der Waals surface area contributed by atoms with Gasteiger partial charge < -0.3 is 14.8 Å². The van der Waals surface area contributed by atoms with E-state index in [0.717, 1.165) is 0 Å². The van der Waals surface area contributed by atoms with Crippen molar-refractivity contribution >= 4 is 21.7 Å². The summed E-state index contributed by atoms with van der Waals surface area (Å²) in [6.07, 6.45) is 2.23. The highest BCUT2D eigenvalue weighted by molar-refractivity contribution is 7.92. The number of sulfone groups is 1. The van der Waals surface area contributed by atoms with Crippen LogP contribution in [0.2, 0.25) is 0 Å². The summed E-state index contributed by atoms with van der Waals surface area (Å²) in [6.45, 7) is 2.26. The molecule has 4 rings (SSSR count). The zero-order chi connectivity index (χ0) is 23.3. The highest BCUT2D eigenvalue weighted by Gasteiger charge is 2.54. The number of rotatable bonds is 6. The van der Waals surface area contributed by atoms with Crippen LogP contribution in [-0.4, -0.2) is 53.8 Å². The van der Waals surface area contributed by atoms with Gasteiger partial charge in [0.25, 0.3) is 17.4 Å². The first kappa shape index (κ1) is 22.2. The lowest BCUT2D eigenvalue weighted by Gasteiger charge is -2.33. The topological polar surface area (TPSA) is 106 Å². The van der Waals surface area contributed by atoms with Crippen molar-refractivity contribution in [1.82, 2.24) is 14.8 Å². The first-order chi connectivity index (χ1) is 15.0. The predicted molar refractivity (Wildman–Crippen MR) is 116 cm³/mol. The van der Waals surface area contributed by atoms with Crippen LogP contribution in [0.15, 0.2) is 35.1 Å². The molecule has 2 aromatic rings. The van der Waals surface area contributed by atoms with Gasteiger partial charge >= 0.3 is 0 Å². The SMILES string of the molecule is Cc1cc(C(=O)NCc2ccc(F)cc2)c(=O)n2c1C(=O)N(CC1(S(C)(=O)=O)CC1)CC2. The molecule has 0 spiro atoms. The Bertz CT molecular complexity index is 1260. The van der Waals surface area contributed by atoms with E-state index in [9.17, 15) is 27.2 Å². The molecule has 1 aliphatic heterocycles. The maximum Gasteiger partial charge on any atom is 0.270 e. The van der Waals surface area contributed by atoms with Gasteiger partial charge in [-0.05, 0) is 49.1 Å². The fraction of sp³-hybridized carbons (Fsp3) is 0.409. The number of aryl methyl sites for hydroxylation is 1. The van der Waals surface area contributed by atoms with E-state index in [1.54, 1.807) is 6.92 Å². The summed E-state index contributed by atoms with van der Waals surface area (Å²) in [6, 6.07) is 7.03. The lowest BCUT2D eigenvalue weighted by molar-refractivity contribution is 0.0693. The van der Waals surface area contributed by atoms with Gasteiger partial charge in [-0.2, -0.15) is 0 Å². The van der Waals surface area contributed by atoms with Crippen LogP contribution < -0.4 is 10.9 Å². The molecule has 1 saturated carbocycles. The Labute approximate surface area is 185 Å². The fourth-order valence-electron chi connectivity index (χ4n) is 4.10. The third kappa shape index (κ3) is 3.94. The average Bonchev–Trinajstić information content (AvgIpc) is 3.52. The second-order valence-electron chi connectivity index (χ2n) is 8.54. The molecule has 0 bridgehead atoms. The normalized spacial score (nSPS) is 17.1. The van der Waals surface area contributed by atoms with Crippen LogP contribution in [0.25, 0.3) is 0 Å². The number of aromatic nitrogens is 1. The smallest absolute Gasteiger partial charge is 0.270 e. The molecule has 32 heavy (non-hydrogen) atoms. The predicted octanol–water partition coefficient (Wildman–Crippen LogP) is 1.26. The van der Waals surface area contributed by atoms with Crippen LogP contribution in [0.4, 0.5) is 4.39 Å². The second-order valence-corrected chi connectivity index (χ2v) is 10.9. The molecule has 170 valence electrons. The lowest BCUT2D eigenvalue weighted by Crippen LogP contribution is -2.50. The number of nitrogens with one attached hydrogen (secondary N) is 1. The van der Waals surface area contributed by atoms with Gasteiger partial charge in [-0.15, -0.1) is 0 Å². The zero-order valence-corrected chi connectivity index (χ0v) is 18.7. The van der Waals surface area contributed by atoms with E-state index in [0.29, 0.717) is 24.0 Å². The molecule has 0 unspecified atom stereocenters. The summed E-state index contributed by atoms with van der Waals surface area (Å²) in [5.74, 6) is -1.37. The fourth-order valence-corrected chi connectivity index (χ4v) is 5.34. The van der Waals surface area contributed by atoms with Crippen LogP contribution in [0.1, 0.15) is 44.8 Å². The van der Waals surface area contributed by atoms with Gasteiger partial charge in [-0.1, -0.05) is 12.1 Å². The van der Waals surface area contributed by atoms with E-state index in [-0.39, 0.29) is 43.3 Å². The summed E-state index contributed by atoms with van der Waals surface area (Å²) in [5.41, 5.74) is 0.681. The Balaban J connectivity index is 1.55. The highest BCUT2D eigenvalue weighted by atomic mass is 32.2. The number of benzene rings is 1. The van der Waals surface area contributed by atoms with Crippen LogP contribution in [0.3, 0.4) is 0 Å². The van der Waals surface area contributed by atoms with Crippen molar-refractivity contribution in [1.29, 1.82) is 0 Å². The lowest BCUT2D eigenvalue weighted by atomic mass is 10.1. The Morgan fingerprint density at radius 3 is 2.41 bits per heavy atom. The minimum atomic E-state index is -3.30. The molecule has 1 aromatic heterocycles. The number of hydrogen-bond donors (Lipinski definition) is 1. The van der Waals surface area contributed by atoms with Crippen molar-refractivity contribution in [3.05, 3.63) is 68.9 Å². The van der Waals surface area contributed by atoms with E-state index in [4.69, 9.17) is 0 Å². The van der Waals surface area contributed by atoms with Crippen LogP contribution in [-0.2, 0) is 22.9 Å². The molecular weight excluding hydrogens is 437 g/mol. The highest BCUT2D eigenvalue weighted by Crippen LogP contribution is 2.44. The second kappa shape index (κ2) is 7.84. The number of fused-ring (bicyclic) bond motifs is 1. The zero-order valence-electron chi connectivity index (χ0n) is 17.9. The van der Waals surface area contributed by atoms with Crippen LogP contribution in [0, 0.1) is 12.7 Å². The molecular formula is C22H24FN3O5S. The van der Waals surface area contributed by atoms with Gasteiger partial charge in [0, 0.05) is 32.4 Å². The molecule has 0 saturated heterocycles. The molecule has 1 N–H and O–H groups in total. The minimum absolute atomic E-state index is 0.0792. The standard InChI is InChI=1S/C22H24FN3O5S/c1-14-11-17(19(27)24-12-15-3-5-16(23)6-4-15)20(28)26-10-9-25(21(29)18(14)26)13-22(7-8-22)32(2,30)31/h3-6,11H,7-10,12-13H2,1-2H3,(H,24,27). The van der Waals surface area contributed by atoms with Crippen molar-refractivity contribution in [2.45, 2.75) is 37.6 Å².